The highest BCUT2D eigenvalue weighted by Gasteiger charge is 2.20. The Morgan fingerprint density at radius 1 is 0.865 bits per heavy atom. The summed E-state index contributed by atoms with van der Waals surface area (Å²) in [5.74, 6) is 1.97. The number of methoxy groups -OCH3 is 2. The third-order valence-electron chi connectivity index (χ3n) is 5.96. The van der Waals surface area contributed by atoms with E-state index in [1.165, 1.54) is 0 Å². The number of hydrogen-bond donors (Lipinski definition) is 0. The largest absolute Gasteiger partial charge is 0.496 e. The molecular weight excluding hydrogens is 468 g/mol. The van der Waals surface area contributed by atoms with Crippen molar-refractivity contribution >= 4 is 11.5 Å². The topological polar surface area (TPSA) is 63.2 Å². The molecule has 0 radical (unpaired) electrons. The number of rotatable bonds is 13. The van der Waals surface area contributed by atoms with E-state index in [-0.39, 0.29) is 5.97 Å². The second-order valence-electron chi connectivity index (χ2n) is 8.36. The highest BCUT2D eigenvalue weighted by Crippen LogP contribution is 2.38. The van der Waals surface area contributed by atoms with Crippen LogP contribution >= 0.6 is 0 Å². The van der Waals surface area contributed by atoms with Gasteiger partial charge in [-0.2, -0.15) is 0 Å². The van der Waals surface area contributed by atoms with Gasteiger partial charge in [0.1, 0.15) is 23.9 Å². The lowest BCUT2D eigenvalue weighted by Crippen LogP contribution is -2.28. The Morgan fingerprint density at radius 3 is 2.08 bits per heavy atom. The first-order valence-corrected chi connectivity index (χ1v) is 12.5. The van der Waals surface area contributed by atoms with E-state index in [2.05, 4.69) is 37.3 Å². The summed E-state index contributed by atoms with van der Waals surface area (Å²) in [6, 6.07) is 21.8. The zero-order valence-electron chi connectivity index (χ0n) is 22.3. The zero-order chi connectivity index (χ0) is 26.6. The molecule has 1 atom stereocenters. The van der Waals surface area contributed by atoms with Crippen LogP contribution in [0.15, 0.2) is 72.8 Å². The molecule has 0 bridgehead atoms. The molecule has 0 heterocycles. The number of hydrogen-bond acceptors (Lipinski definition) is 6. The minimum Gasteiger partial charge on any atom is -0.496 e. The van der Waals surface area contributed by atoms with Gasteiger partial charge in [-0.05, 0) is 73.4 Å². The monoisotopic (exact) mass is 504 g/mol. The molecule has 0 aromatic heterocycles. The van der Waals surface area contributed by atoms with E-state index in [0.717, 1.165) is 45.1 Å². The van der Waals surface area contributed by atoms with Gasteiger partial charge in [-0.3, -0.25) is 0 Å². The third-order valence-corrected chi connectivity index (χ3v) is 5.96. The maximum Gasteiger partial charge on any atom is 0.335 e. The van der Waals surface area contributed by atoms with E-state index in [1.54, 1.807) is 21.1 Å². The first-order valence-electron chi connectivity index (χ1n) is 12.5. The van der Waals surface area contributed by atoms with Gasteiger partial charge < -0.3 is 23.7 Å². The molecule has 3 aromatic carbocycles. The van der Waals surface area contributed by atoms with Crippen molar-refractivity contribution in [1.29, 1.82) is 0 Å². The van der Waals surface area contributed by atoms with Crippen molar-refractivity contribution in [2.75, 3.05) is 34.0 Å². The third kappa shape index (κ3) is 7.61. The van der Waals surface area contributed by atoms with Crippen LogP contribution in [0.4, 0.5) is 0 Å². The van der Waals surface area contributed by atoms with Gasteiger partial charge in [0.25, 0.3) is 0 Å². The Morgan fingerprint density at radius 2 is 1.51 bits per heavy atom. The van der Waals surface area contributed by atoms with Crippen LogP contribution in [-0.4, -0.2) is 46.1 Å². The van der Waals surface area contributed by atoms with Gasteiger partial charge in [-0.25, -0.2) is 4.79 Å². The van der Waals surface area contributed by atoms with Crippen molar-refractivity contribution in [3.05, 3.63) is 83.9 Å². The van der Waals surface area contributed by atoms with E-state index in [9.17, 15) is 4.79 Å². The molecule has 6 heteroatoms. The van der Waals surface area contributed by atoms with Crippen molar-refractivity contribution in [3.63, 3.8) is 0 Å². The maximum atomic E-state index is 12.1. The van der Waals surface area contributed by atoms with E-state index in [1.807, 2.05) is 49.4 Å². The molecule has 3 rings (SSSR count). The summed E-state index contributed by atoms with van der Waals surface area (Å²) in [6.45, 7) is 6.95. The van der Waals surface area contributed by atoms with E-state index >= 15 is 0 Å². The molecule has 0 aliphatic rings. The van der Waals surface area contributed by atoms with Crippen LogP contribution < -0.4 is 14.2 Å². The lowest BCUT2D eigenvalue weighted by molar-refractivity contribution is -0.156. The van der Waals surface area contributed by atoms with Gasteiger partial charge in [0.2, 0.25) is 0 Å². The molecule has 0 spiro atoms. The van der Waals surface area contributed by atoms with Crippen LogP contribution in [0.1, 0.15) is 31.9 Å². The summed E-state index contributed by atoms with van der Waals surface area (Å²) in [7, 11) is 3.32. The Hall–Kier alpha value is -3.77. The number of benzene rings is 3. The average molecular weight is 505 g/mol. The lowest BCUT2D eigenvalue weighted by atomic mass is 9.99. The molecule has 0 fully saturated rings. The minimum atomic E-state index is -0.599. The normalized spacial score (nSPS) is 12.1. The Labute approximate surface area is 219 Å². The summed E-state index contributed by atoms with van der Waals surface area (Å²) in [4.78, 5) is 12.1. The molecule has 0 saturated carbocycles. The maximum absolute atomic E-state index is 12.1. The van der Waals surface area contributed by atoms with Gasteiger partial charge >= 0.3 is 5.97 Å². The summed E-state index contributed by atoms with van der Waals surface area (Å²) in [5.41, 5.74) is 5.16. The van der Waals surface area contributed by atoms with E-state index in [4.69, 9.17) is 23.7 Å². The van der Waals surface area contributed by atoms with Crippen molar-refractivity contribution in [2.45, 2.75) is 33.3 Å². The number of esters is 1. The Kier molecular flexibility index (Phi) is 10.6. The molecule has 37 heavy (non-hydrogen) atoms. The quantitative estimate of drug-likeness (QED) is 0.252. The predicted octanol–water partition coefficient (Wildman–Crippen LogP) is 6.36. The van der Waals surface area contributed by atoms with Crippen molar-refractivity contribution in [2.24, 2.45) is 0 Å². The molecule has 0 amide bonds. The highest BCUT2D eigenvalue weighted by atomic mass is 16.6. The average Bonchev–Trinajstić information content (AvgIpc) is 2.93. The molecule has 3 aromatic rings. The second-order valence-corrected chi connectivity index (χ2v) is 8.36. The fourth-order valence-corrected chi connectivity index (χ4v) is 4.00. The molecular formula is C31H36O6. The molecule has 0 aliphatic carbocycles. The first kappa shape index (κ1) is 27.8. The van der Waals surface area contributed by atoms with Crippen LogP contribution in [0.2, 0.25) is 0 Å². The summed E-state index contributed by atoms with van der Waals surface area (Å²) in [5, 5.41) is 0. The standard InChI is InChI=1S/C31H36O6/c1-6-35-29(31(32)36-7-2)21-23-11-17-26(18-12-23)37-20-19-22(3)24-13-15-25(16-14-24)30-27(33-4)9-8-10-28(30)34-5/h8-19,29H,6-7,20-21H2,1-5H3/b22-19+/t29-/m0/s1. The number of carbonyl (C=O) groups is 1. The summed E-state index contributed by atoms with van der Waals surface area (Å²) in [6.07, 6.45) is 1.92. The van der Waals surface area contributed by atoms with Gasteiger partial charge in [-0.1, -0.05) is 42.5 Å². The molecule has 0 unspecified atom stereocenters. The highest BCUT2D eigenvalue weighted by molar-refractivity contribution is 5.78. The van der Waals surface area contributed by atoms with Crippen molar-refractivity contribution < 1.29 is 28.5 Å². The van der Waals surface area contributed by atoms with Crippen LogP contribution in [0, 0.1) is 0 Å². The molecule has 0 saturated heterocycles. The zero-order valence-corrected chi connectivity index (χ0v) is 22.3. The minimum absolute atomic E-state index is 0.333. The molecule has 196 valence electrons. The van der Waals surface area contributed by atoms with Crippen LogP contribution in [0.5, 0.6) is 17.2 Å². The fourth-order valence-electron chi connectivity index (χ4n) is 4.00. The number of allylic oxidation sites excluding steroid dienone is 1. The van der Waals surface area contributed by atoms with E-state index in [0.29, 0.717) is 26.2 Å². The summed E-state index contributed by atoms with van der Waals surface area (Å²) >= 11 is 0. The SMILES string of the molecule is CCOC(=O)[C@H](Cc1ccc(OC/C=C(\C)c2ccc(-c3c(OC)cccc3OC)cc2)cc1)OCC. The predicted molar refractivity (Wildman–Crippen MR) is 146 cm³/mol. The van der Waals surface area contributed by atoms with Crippen LogP contribution in [0.3, 0.4) is 0 Å². The fraction of sp³-hybridized carbons (Fsp3) is 0.323. The van der Waals surface area contributed by atoms with E-state index < -0.39 is 6.10 Å². The van der Waals surface area contributed by atoms with Crippen LogP contribution in [0.25, 0.3) is 16.7 Å². The Balaban J connectivity index is 1.60. The molecule has 0 aliphatic heterocycles. The number of carbonyl (C=O) groups excluding carboxylic acids is 1. The van der Waals surface area contributed by atoms with Crippen LogP contribution in [-0.2, 0) is 20.7 Å². The molecule has 0 N–H and O–H groups in total. The lowest BCUT2D eigenvalue weighted by Gasteiger charge is -2.15. The molecule has 6 nitrogen and oxygen atoms in total. The second kappa shape index (κ2) is 14.1. The van der Waals surface area contributed by atoms with Crippen molar-refractivity contribution in [3.8, 4) is 28.4 Å². The smallest absolute Gasteiger partial charge is 0.335 e. The first-order chi connectivity index (χ1) is 18.0. The number of ether oxygens (including phenoxy) is 5. The van der Waals surface area contributed by atoms with Gasteiger partial charge in [0, 0.05) is 13.0 Å². The van der Waals surface area contributed by atoms with Crippen molar-refractivity contribution in [1.82, 2.24) is 0 Å². The van der Waals surface area contributed by atoms with Gasteiger partial charge in [0.15, 0.2) is 6.10 Å². The summed E-state index contributed by atoms with van der Waals surface area (Å²) < 4.78 is 27.6. The van der Waals surface area contributed by atoms with Gasteiger partial charge in [-0.15, -0.1) is 0 Å². The van der Waals surface area contributed by atoms with Gasteiger partial charge in [0.05, 0.1) is 26.4 Å². The Bertz CT molecular complexity index is 1140.